The molecule has 1 aliphatic rings. The fraction of sp³-hybridized carbons (Fsp3) is 0.350. The molecule has 0 amide bonds. The van der Waals surface area contributed by atoms with Crippen molar-refractivity contribution in [1.29, 1.82) is 0 Å². The number of aliphatic hydroxyl groups excluding tert-OH is 1. The van der Waals surface area contributed by atoms with E-state index in [0.717, 1.165) is 11.1 Å². The van der Waals surface area contributed by atoms with Crippen molar-refractivity contribution in [2.75, 3.05) is 13.1 Å². The predicted molar refractivity (Wildman–Crippen MR) is 103 cm³/mol. The first-order valence-electron chi connectivity index (χ1n) is 8.82. The lowest BCUT2D eigenvalue weighted by atomic mass is 9.94. The van der Waals surface area contributed by atoms with Crippen LogP contribution in [0.4, 0.5) is 0 Å². The second kappa shape index (κ2) is 7.60. The number of amidine groups is 1. The molecule has 0 aliphatic carbocycles. The molecule has 138 valence electrons. The van der Waals surface area contributed by atoms with Crippen LogP contribution in [0.15, 0.2) is 63.9 Å². The number of sulfonamides is 1. The summed E-state index contributed by atoms with van der Waals surface area (Å²) in [5.41, 5.74) is 1.76. The van der Waals surface area contributed by atoms with E-state index >= 15 is 0 Å². The number of nitrogens with zero attached hydrogens (tertiary/aromatic N) is 2. The molecule has 3 rings (SSSR count). The van der Waals surface area contributed by atoms with E-state index in [4.69, 9.17) is 0 Å². The molecule has 2 atom stereocenters. The van der Waals surface area contributed by atoms with Crippen LogP contribution in [0.1, 0.15) is 30.6 Å². The van der Waals surface area contributed by atoms with E-state index in [0.29, 0.717) is 25.3 Å². The van der Waals surface area contributed by atoms with Gasteiger partial charge < -0.3 is 10.0 Å². The van der Waals surface area contributed by atoms with Crippen molar-refractivity contribution >= 4 is 15.9 Å². The molecule has 0 spiro atoms. The topological polar surface area (TPSA) is 70.0 Å². The second-order valence-corrected chi connectivity index (χ2v) is 8.17. The monoisotopic (exact) mass is 372 g/mol. The van der Waals surface area contributed by atoms with Gasteiger partial charge in [0.2, 0.25) is 0 Å². The Bertz CT molecular complexity index is 877. The van der Waals surface area contributed by atoms with Crippen LogP contribution in [0.3, 0.4) is 0 Å². The molecule has 1 fully saturated rings. The van der Waals surface area contributed by atoms with Gasteiger partial charge in [-0.15, -0.1) is 4.40 Å². The zero-order valence-corrected chi connectivity index (χ0v) is 15.9. The molecule has 1 heterocycles. The lowest BCUT2D eigenvalue weighted by Crippen LogP contribution is -2.30. The first kappa shape index (κ1) is 18.6. The Kier molecular flexibility index (Phi) is 5.44. The van der Waals surface area contributed by atoms with E-state index in [1.807, 2.05) is 49.1 Å². The van der Waals surface area contributed by atoms with E-state index in [1.165, 1.54) is 0 Å². The van der Waals surface area contributed by atoms with Crippen LogP contribution in [0, 0.1) is 12.8 Å². The summed E-state index contributed by atoms with van der Waals surface area (Å²) in [5.74, 6) is 0.113. The SMILES string of the molecule is CCN1CC[C@@H]([C@@H](O)c2ccccc2)/C1=N/S(=O)(=O)c1ccc(C)cc1. The maximum atomic E-state index is 12.8. The molecule has 1 aliphatic heterocycles. The summed E-state index contributed by atoms with van der Waals surface area (Å²) in [4.78, 5) is 2.11. The van der Waals surface area contributed by atoms with Crippen molar-refractivity contribution < 1.29 is 13.5 Å². The average molecular weight is 372 g/mol. The van der Waals surface area contributed by atoms with Crippen LogP contribution in [-0.2, 0) is 10.0 Å². The fourth-order valence-electron chi connectivity index (χ4n) is 3.29. The molecule has 2 aromatic carbocycles. The molecule has 0 aromatic heterocycles. The van der Waals surface area contributed by atoms with Gasteiger partial charge in [-0.1, -0.05) is 48.0 Å². The Morgan fingerprint density at radius 3 is 2.42 bits per heavy atom. The van der Waals surface area contributed by atoms with Crippen LogP contribution >= 0.6 is 0 Å². The van der Waals surface area contributed by atoms with E-state index in [2.05, 4.69) is 4.40 Å². The highest BCUT2D eigenvalue weighted by Crippen LogP contribution is 2.33. The summed E-state index contributed by atoms with van der Waals surface area (Å²) in [5, 5.41) is 10.8. The number of aryl methyl sites for hydroxylation is 1. The van der Waals surface area contributed by atoms with Crippen molar-refractivity contribution in [2.45, 2.75) is 31.3 Å². The molecular weight excluding hydrogens is 348 g/mol. The van der Waals surface area contributed by atoms with Gasteiger partial charge in [0.1, 0.15) is 5.84 Å². The Morgan fingerprint density at radius 1 is 1.15 bits per heavy atom. The van der Waals surface area contributed by atoms with Crippen LogP contribution < -0.4 is 0 Å². The predicted octanol–water partition coefficient (Wildman–Crippen LogP) is 3.16. The van der Waals surface area contributed by atoms with Gasteiger partial charge in [-0.25, -0.2) is 0 Å². The molecule has 0 radical (unpaired) electrons. The van der Waals surface area contributed by atoms with Crippen molar-refractivity contribution in [3.8, 4) is 0 Å². The lowest BCUT2D eigenvalue weighted by molar-refractivity contribution is 0.141. The van der Waals surface area contributed by atoms with E-state index in [-0.39, 0.29) is 10.8 Å². The van der Waals surface area contributed by atoms with Gasteiger partial charge in [0, 0.05) is 19.0 Å². The minimum absolute atomic E-state index is 0.173. The summed E-state index contributed by atoms with van der Waals surface area (Å²) in [6.07, 6.45) is -0.105. The van der Waals surface area contributed by atoms with Crippen LogP contribution in [0.5, 0.6) is 0 Å². The maximum absolute atomic E-state index is 12.8. The maximum Gasteiger partial charge on any atom is 0.283 e. The number of benzene rings is 2. The third kappa shape index (κ3) is 3.81. The number of rotatable bonds is 5. The molecule has 0 unspecified atom stereocenters. The van der Waals surface area contributed by atoms with Gasteiger partial charge >= 0.3 is 0 Å². The first-order valence-corrected chi connectivity index (χ1v) is 10.3. The van der Waals surface area contributed by atoms with Crippen LogP contribution in [0.25, 0.3) is 0 Å². The zero-order valence-electron chi connectivity index (χ0n) is 15.0. The van der Waals surface area contributed by atoms with E-state index in [9.17, 15) is 13.5 Å². The summed E-state index contributed by atoms with van der Waals surface area (Å²) >= 11 is 0. The van der Waals surface area contributed by atoms with Crippen LogP contribution in [-0.4, -0.2) is 37.3 Å². The quantitative estimate of drug-likeness (QED) is 0.875. The molecule has 26 heavy (non-hydrogen) atoms. The van der Waals surface area contributed by atoms with Crippen molar-refractivity contribution in [1.82, 2.24) is 4.90 Å². The van der Waals surface area contributed by atoms with Gasteiger partial charge in [-0.2, -0.15) is 8.42 Å². The normalized spacial score (nSPS) is 20.5. The van der Waals surface area contributed by atoms with Crippen LogP contribution in [0.2, 0.25) is 0 Å². The van der Waals surface area contributed by atoms with Gasteiger partial charge in [-0.3, -0.25) is 0 Å². The molecule has 0 saturated carbocycles. The molecular formula is C20H24N2O3S. The minimum Gasteiger partial charge on any atom is -0.388 e. The Labute approximate surface area is 155 Å². The fourth-order valence-corrected chi connectivity index (χ4v) is 4.37. The average Bonchev–Trinajstić information content (AvgIpc) is 3.04. The highest BCUT2D eigenvalue weighted by atomic mass is 32.2. The molecule has 2 aromatic rings. The summed E-state index contributed by atoms with van der Waals surface area (Å²) in [6, 6.07) is 16.0. The largest absolute Gasteiger partial charge is 0.388 e. The lowest BCUT2D eigenvalue weighted by Gasteiger charge is -2.22. The smallest absolute Gasteiger partial charge is 0.283 e. The molecule has 5 nitrogen and oxygen atoms in total. The van der Waals surface area contributed by atoms with Gasteiger partial charge in [-0.05, 0) is 38.0 Å². The summed E-state index contributed by atoms with van der Waals surface area (Å²) in [6.45, 7) is 5.21. The van der Waals surface area contributed by atoms with Gasteiger partial charge in [0.25, 0.3) is 10.0 Å². The van der Waals surface area contributed by atoms with Gasteiger partial charge in [0.05, 0.1) is 11.0 Å². The second-order valence-electron chi connectivity index (χ2n) is 6.57. The number of hydrogen-bond donors (Lipinski definition) is 1. The molecule has 6 heteroatoms. The van der Waals surface area contributed by atoms with Crippen molar-refractivity contribution in [3.63, 3.8) is 0 Å². The minimum atomic E-state index is -3.82. The van der Waals surface area contributed by atoms with Crippen molar-refractivity contribution in [3.05, 3.63) is 65.7 Å². The molecule has 1 saturated heterocycles. The third-order valence-electron chi connectivity index (χ3n) is 4.80. The first-order chi connectivity index (χ1) is 12.4. The molecule has 0 bridgehead atoms. The summed E-state index contributed by atoms with van der Waals surface area (Å²) in [7, 11) is -3.82. The molecule has 1 N–H and O–H groups in total. The highest BCUT2D eigenvalue weighted by Gasteiger charge is 2.36. The third-order valence-corrected chi connectivity index (χ3v) is 6.10. The van der Waals surface area contributed by atoms with Gasteiger partial charge in [0.15, 0.2) is 0 Å². The number of aliphatic hydroxyl groups is 1. The zero-order chi connectivity index (χ0) is 18.7. The Hall–Kier alpha value is -2.18. The number of hydrogen-bond acceptors (Lipinski definition) is 3. The van der Waals surface area contributed by atoms with Crippen molar-refractivity contribution in [2.24, 2.45) is 10.3 Å². The van der Waals surface area contributed by atoms with E-state index < -0.39 is 16.1 Å². The highest BCUT2D eigenvalue weighted by molar-refractivity contribution is 7.90. The number of likely N-dealkylation sites (tertiary alicyclic amines) is 1. The Morgan fingerprint density at radius 2 is 1.81 bits per heavy atom. The Balaban J connectivity index is 1.97. The standard InChI is InChI=1S/C20H24N2O3S/c1-3-22-14-13-18(19(23)16-7-5-4-6-8-16)20(22)21-26(24,25)17-11-9-15(2)10-12-17/h4-12,18-19,23H,3,13-14H2,1-2H3/b21-20-/t18-,19-/m0/s1. The summed E-state index contributed by atoms with van der Waals surface area (Å²) < 4.78 is 29.7. The van der Waals surface area contributed by atoms with E-state index in [1.54, 1.807) is 24.3 Å².